The largest absolute Gasteiger partial charge is 0.254 e. The second-order valence-electron chi connectivity index (χ2n) is 4.64. The molecule has 118 valence electrons. The summed E-state index contributed by atoms with van der Waals surface area (Å²) in [5.41, 5.74) is 0.498. The van der Waals surface area contributed by atoms with Gasteiger partial charge in [-0.3, -0.25) is 4.21 Å². The van der Waals surface area contributed by atoms with E-state index in [1.807, 2.05) is 6.07 Å². The summed E-state index contributed by atoms with van der Waals surface area (Å²) in [6.07, 6.45) is 0. The van der Waals surface area contributed by atoms with E-state index in [4.69, 9.17) is 0 Å². The lowest BCUT2D eigenvalue weighted by Gasteiger charge is -2.07. The summed E-state index contributed by atoms with van der Waals surface area (Å²) in [6, 6.07) is 14.2. The topological polar surface area (TPSA) is 63.2 Å². The molecule has 0 spiro atoms. The maximum absolute atomic E-state index is 12.8. The average Bonchev–Trinajstić information content (AvgIpc) is 2.50. The molecule has 22 heavy (non-hydrogen) atoms. The Morgan fingerprint density at radius 2 is 1.64 bits per heavy atom. The quantitative estimate of drug-likeness (QED) is 0.838. The first-order valence-corrected chi connectivity index (χ1v) is 9.58. The minimum absolute atomic E-state index is 0.0883. The Labute approximate surface area is 131 Å². The van der Waals surface area contributed by atoms with Crippen molar-refractivity contribution in [2.45, 2.75) is 10.6 Å². The molecule has 7 heteroatoms. The van der Waals surface area contributed by atoms with Gasteiger partial charge in [-0.1, -0.05) is 30.3 Å². The van der Waals surface area contributed by atoms with E-state index in [2.05, 4.69) is 4.72 Å². The van der Waals surface area contributed by atoms with Gasteiger partial charge < -0.3 is 0 Å². The first-order chi connectivity index (χ1) is 10.5. The summed E-state index contributed by atoms with van der Waals surface area (Å²) < 4.78 is 50.9. The van der Waals surface area contributed by atoms with Gasteiger partial charge in [-0.25, -0.2) is 17.5 Å². The molecule has 0 aliphatic carbocycles. The van der Waals surface area contributed by atoms with Gasteiger partial charge in [-0.05, 0) is 29.8 Å². The maximum atomic E-state index is 12.8. The van der Waals surface area contributed by atoms with E-state index < -0.39 is 26.6 Å². The van der Waals surface area contributed by atoms with Crippen LogP contribution in [0.15, 0.2) is 59.5 Å². The lowest BCUT2D eigenvalue weighted by Crippen LogP contribution is -2.29. The molecule has 4 nitrogen and oxygen atoms in total. The molecular formula is C15H16FNO3S2. The lowest BCUT2D eigenvalue weighted by atomic mass is 10.2. The number of rotatable bonds is 7. The molecule has 0 radical (unpaired) electrons. The van der Waals surface area contributed by atoms with Crippen molar-refractivity contribution in [3.05, 3.63) is 66.0 Å². The number of hydrogen-bond acceptors (Lipinski definition) is 3. The summed E-state index contributed by atoms with van der Waals surface area (Å²) in [5, 5.41) is 0. The zero-order valence-corrected chi connectivity index (χ0v) is 13.4. The van der Waals surface area contributed by atoms with Gasteiger partial charge in [-0.15, -0.1) is 0 Å². The Bertz CT molecular complexity index is 731. The lowest BCUT2D eigenvalue weighted by molar-refractivity contribution is 0.582. The maximum Gasteiger partial charge on any atom is 0.215 e. The van der Waals surface area contributed by atoms with Gasteiger partial charge in [0.25, 0.3) is 0 Å². The normalized spacial score (nSPS) is 13.0. The van der Waals surface area contributed by atoms with Crippen LogP contribution in [0.1, 0.15) is 5.56 Å². The fraction of sp³-hybridized carbons (Fsp3) is 0.200. The Morgan fingerprint density at radius 3 is 2.27 bits per heavy atom. The summed E-state index contributed by atoms with van der Waals surface area (Å²) >= 11 is 0. The molecule has 1 atom stereocenters. The third kappa shape index (κ3) is 5.32. The van der Waals surface area contributed by atoms with Crippen LogP contribution in [0.2, 0.25) is 0 Å². The van der Waals surface area contributed by atoms with Gasteiger partial charge >= 0.3 is 0 Å². The molecule has 0 amide bonds. The molecule has 1 N–H and O–H groups in total. The van der Waals surface area contributed by atoms with E-state index in [0.717, 1.165) is 0 Å². The van der Waals surface area contributed by atoms with E-state index in [0.29, 0.717) is 10.5 Å². The molecule has 0 saturated carbocycles. The summed E-state index contributed by atoms with van der Waals surface area (Å²) in [6.45, 7) is 0.0883. The van der Waals surface area contributed by atoms with Crippen LogP contribution in [0.4, 0.5) is 4.39 Å². The standard InChI is InChI=1S/C15H16FNO3S2/c16-14-8-6-13(7-9-14)12-22(19,20)17-10-11-21(18)15-4-2-1-3-5-15/h1-9,17H,10-12H2/t21-/m1/s1. The number of sulfonamides is 1. The van der Waals surface area contributed by atoms with Crippen molar-refractivity contribution in [2.24, 2.45) is 0 Å². The average molecular weight is 341 g/mol. The summed E-state index contributed by atoms with van der Waals surface area (Å²) in [5.74, 6) is -0.440. The Morgan fingerprint density at radius 1 is 1.00 bits per heavy atom. The molecule has 0 saturated heterocycles. The van der Waals surface area contributed by atoms with E-state index in [1.165, 1.54) is 24.3 Å². The molecule has 0 heterocycles. The molecule has 0 aliphatic rings. The highest BCUT2D eigenvalue weighted by atomic mass is 32.2. The Hall–Kier alpha value is -1.57. The van der Waals surface area contributed by atoms with Crippen molar-refractivity contribution in [1.82, 2.24) is 4.72 Å². The molecular weight excluding hydrogens is 325 g/mol. The van der Waals surface area contributed by atoms with Crippen LogP contribution in [-0.4, -0.2) is 24.9 Å². The van der Waals surface area contributed by atoms with E-state index >= 15 is 0 Å². The highest BCUT2D eigenvalue weighted by molar-refractivity contribution is 7.88. The predicted octanol–water partition coefficient (Wildman–Crippen LogP) is 2.05. The molecule has 0 unspecified atom stereocenters. The van der Waals surface area contributed by atoms with Gasteiger partial charge in [0, 0.05) is 17.2 Å². The summed E-state index contributed by atoms with van der Waals surface area (Å²) in [4.78, 5) is 0.667. The van der Waals surface area contributed by atoms with Crippen LogP contribution < -0.4 is 4.72 Å². The smallest absolute Gasteiger partial charge is 0.215 e. The third-order valence-corrected chi connectivity index (χ3v) is 5.62. The predicted molar refractivity (Wildman–Crippen MR) is 84.7 cm³/mol. The van der Waals surface area contributed by atoms with Crippen molar-refractivity contribution < 1.29 is 17.0 Å². The van der Waals surface area contributed by atoms with E-state index in [9.17, 15) is 17.0 Å². The molecule has 0 aromatic heterocycles. The second kappa shape index (κ2) is 7.62. The van der Waals surface area contributed by atoms with Crippen LogP contribution in [0.25, 0.3) is 0 Å². The number of halogens is 1. The Kier molecular flexibility index (Phi) is 5.82. The van der Waals surface area contributed by atoms with Gasteiger partial charge in [0.1, 0.15) is 5.82 Å². The highest BCUT2D eigenvalue weighted by Crippen LogP contribution is 2.07. The van der Waals surface area contributed by atoms with Gasteiger partial charge in [0.2, 0.25) is 10.0 Å². The van der Waals surface area contributed by atoms with Crippen LogP contribution in [-0.2, 0) is 26.6 Å². The first-order valence-electron chi connectivity index (χ1n) is 6.61. The molecule has 0 aliphatic heterocycles. The van der Waals surface area contributed by atoms with Gasteiger partial charge in [0.05, 0.1) is 16.6 Å². The molecule has 0 fully saturated rings. The number of hydrogen-bond donors (Lipinski definition) is 1. The van der Waals surface area contributed by atoms with Crippen LogP contribution in [0.5, 0.6) is 0 Å². The third-order valence-electron chi connectivity index (χ3n) is 2.89. The van der Waals surface area contributed by atoms with Gasteiger partial charge in [-0.2, -0.15) is 0 Å². The van der Waals surface area contributed by atoms with E-state index in [1.54, 1.807) is 24.3 Å². The number of nitrogens with one attached hydrogen (secondary N) is 1. The van der Waals surface area contributed by atoms with Crippen molar-refractivity contribution in [3.8, 4) is 0 Å². The number of benzene rings is 2. The van der Waals surface area contributed by atoms with Crippen molar-refractivity contribution in [3.63, 3.8) is 0 Å². The zero-order valence-electron chi connectivity index (χ0n) is 11.7. The SMILES string of the molecule is O=[S@](CCNS(=O)(=O)Cc1ccc(F)cc1)c1ccccc1. The molecule has 2 aromatic rings. The fourth-order valence-electron chi connectivity index (χ4n) is 1.83. The molecule has 0 bridgehead atoms. The van der Waals surface area contributed by atoms with Gasteiger partial charge in [0.15, 0.2) is 0 Å². The molecule has 2 aromatic carbocycles. The van der Waals surface area contributed by atoms with Crippen LogP contribution in [0.3, 0.4) is 0 Å². The zero-order chi connectivity index (χ0) is 16.0. The second-order valence-corrected chi connectivity index (χ2v) is 8.02. The Balaban J connectivity index is 1.85. The molecule has 2 rings (SSSR count). The van der Waals surface area contributed by atoms with Crippen molar-refractivity contribution >= 4 is 20.8 Å². The monoisotopic (exact) mass is 341 g/mol. The van der Waals surface area contributed by atoms with Crippen molar-refractivity contribution in [1.29, 1.82) is 0 Å². The minimum Gasteiger partial charge on any atom is -0.254 e. The minimum atomic E-state index is -3.53. The highest BCUT2D eigenvalue weighted by Gasteiger charge is 2.12. The van der Waals surface area contributed by atoms with Crippen LogP contribution >= 0.6 is 0 Å². The fourth-order valence-corrected chi connectivity index (χ4v) is 4.09. The van der Waals surface area contributed by atoms with Crippen LogP contribution in [0, 0.1) is 5.82 Å². The summed E-state index contributed by atoms with van der Waals surface area (Å²) in [7, 11) is -4.78. The van der Waals surface area contributed by atoms with Crippen molar-refractivity contribution in [2.75, 3.05) is 12.3 Å². The van der Waals surface area contributed by atoms with E-state index in [-0.39, 0.29) is 18.1 Å². The first kappa shape index (κ1) is 16.8.